The number of alkyl halides is 1. The molecule has 0 atom stereocenters. The molecule has 1 N–H and O–H groups in total. The Bertz CT molecular complexity index is 444. The lowest BCUT2D eigenvalue weighted by Crippen LogP contribution is -2.30. The first-order valence-corrected chi connectivity index (χ1v) is 7.88. The largest absolute Gasteiger partial charge is 0.494 e. The highest BCUT2D eigenvalue weighted by Gasteiger charge is 2.41. The Balaban J connectivity index is 1.91. The summed E-state index contributed by atoms with van der Waals surface area (Å²) in [5.41, 5.74) is 0.963. The molecule has 1 aliphatic rings. The van der Waals surface area contributed by atoms with E-state index in [1.807, 2.05) is 18.2 Å². The Morgan fingerprint density at radius 2 is 2.26 bits per heavy atom. The molecule has 1 aliphatic carbocycles. The molecule has 0 heterocycles. The molecule has 1 saturated carbocycles. The van der Waals surface area contributed by atoms with E-state index in [2.05, 4.69) is 28.2 Å². The standard InChI is InChI=1S/C15H20BrNO2/c1-2-8-19-13-5-3-4-12(9-13)14(18)17-11-15(10-16)6-7-15/h3-5,9H,2,6-8,10-11H2,1H3,(H,17,18). The number of rotatable bonds is 7. The second-order valence-electron chi connectivity index (χ2n) is 5.19. The van der Waals surface area contributed by atoms with Crippen molar-refractivity contribution >= 4 is 21.8 Å². The molecule has 104 valence electrons. The van der Waals surface area contributed by atoms with Crippen LogP contribution >= 0.6 is 15.9 Å². The first kappa shape index (κ1) is 14.4. The molecule has 0 saturated heterocycles. The van der Waals surface area contributed by atoms with Gasteiger partial charge in [-0.1, -0.05) is 28.9 Å². The third-order valence-corrected chi connectivity index (χ3v) is 4.62. The molecule has 1 fully saturated rings. The van der Waals surface area contributed by atoms with E-state index in [1.54, 1.807) is 6.07 Å². The third-order valence-electron chi connectivity index (χ3n) is 3.43. The van der Waals surface area contributed by atoms with Crippen LogP contribution in [0.1, 0.15) is 36.5 Å². The zero-order valence-corrected chi connectivity index (χ0v) is 12.8. The fourth-order valence-corrected chi connectivity index (χ4v) is 2.61. The molecule has 0 aliphatic heterocycles. The van der Waals surface area contributed by atoms with Gasteiger partial charge >= 0.3 is 0 Å². The van der Waals surface area contributed by atoms with E-state index in [9.17, 15) is 4.79 Å². The summed E-state index contributed by atoms with van der Waals surface area (Å²) in [4.78, 5) is 12.1. The van der Waals surface area contributed by atoms with Gasteiger partial charge in [0.25, 0.3) is 5.91 Å². The van der Waals surface area contributed by atoms with Crippen molar-refractivity contribution in [3.05, 3.63) is 29.8 Å². The van der Waals surface area contributed by atoms with Gasteiger partial charge in [-0.3, -0.25) is 4.79 Å². The number of hydrogen-bond donors (Lipinski definition) is 1. The Labute approximate surface area is 122 Å². The number of carbonyl (C=O) groups excluding carboxylic acids is 1. The van der Waals surface area contributed by atoms with Gasteiger partial charge in [0.05, 0.1) is 6.61 Å². The fraction of sp³-hybridized carbons (Fsp3) is 0.533. The highest BCUT2D eigenvalue weighted by Crippen LogP contribution is 2.46. The SMILES string of the molecule is CCCOc1cccc(C(=O)NCC2(CBr)CC2)c1. The average molecular weight is 326 g/mol. The Morgan fingerprint density at radius 3 is 2.89 bits per heavy atom. The van der Waals surface area contributed by atoms with Gasteiger partial charge in [-0.2, -0.15) is 0 Å². The first-order chi connectivity index (χ1) is 9.19. The summed E-state index contributed by atoms with van der Waals surface area (Å²) in [7, 11) is 0. The summed E-state index contributed by atoms with van der Waals surface area (Å²) in [5, 5.41) is 3.97. The van der Waals surface area contributed by atoms with Crippen molar-refractivity contribution in [1.29, 1.82) is 0 Å². The highest BCUT2D eigenvalue weighted by atomic mass is 79.9. The van der Waals surface area contributed by atoms with Crippen molar-refractivity contribution in [3.63, 3.8) is 0 Å². The minimum Gasteiger partial charge on any atom is -0.494 e. The number of halogens is 1. The molecule has 0 unspecified atom stereocenters. The minimum absolute atomic E-state index is 0.0193. The lowest BCUT2D eigenvalue weighted by molar-refractivity contribution is 0.0946. The number of carbonyl (C=O) groups is 1. The maximum Gasteiger partial charge on any atom is 0.251 e. The first-order valence-electron chi connectivity index (χ1n) is 6.76. The van der Waals surface area contributed by atoms with E-state index >= 15 is 0 Å². The summed E-state index contributed by atoms with van der Waals surface area (Å²) >= 11 is 3.51. The molecular weight excluding hydrogens is 306 g/mol. The van der Waals surface area contributed by atoms with E-state index < -0.39 is 0 Å². The molecular formula is C15H20BrNO2. The molecule has 0 spiro atoms. The molecule has 4 heteroatoms. The number of hydrogen-bond acceptors (Lipinski definition) is 2. The van der Waals surface area contributed by atoms with Crippen LogP contribution in [0.5, 0.6) is 5.75 Å². The predicted molar refractivity (Wildman–Crippen MR) is 80.0 cm³/mol. The van der Waals surface area contributed by atoms with E-state index in [0.717, 1.165) is 24.0 Å². The van der Waals surface area contributed by atoms with Crippen molar-refractivity contribution in [1.82, 2.24) is 5.32 Å². The molecule has 1 aromatic carbocycles. The maximum atomic E-state index is 12.1. The summed E-state index contributed by atoms with van der Waals surface area (Å²) in [6.07, 6.45) is 3.35. The van der Waals surface area contributed by atoms with Crippen LogP contribution in [0.15, 0.2) is 24.3 Å². The Hall–Kier alpha value is -1.03. The van der Waals surface area contributed by atoms with Crippen molar-refractivity contribution in [2.24, 2.45) is 5.41 Å². The summed E-state index contributed by atoms with van der Waals surface area (Å²) in [6, 6.07) is 7.37. The molecule has 1 amide bonds. The second kappa shape index (κ2) is 6.42. The lowest BCUT2D eigenvalue weighted by atomic mass is 10.1. The quantitative estimate of drug-likeness (QED) is 0.780. The van der Waals surface area contributed by atoms with Crippen LogP contribution in [-0.4, -0.2) is 24.4 Å². The molecule has 0 radical (unpaired) electrons. The van der Waals surface area contributed by atoms with E-state index in [0.29, 0.717) is 17.6 Å². The molecule has 0 aromatic heterocycles. The molecule has 3 nitrogen and oxygen atoms in total. The van der Waals surface area contributed by atoms with Crippen LogP contribution in [0.25, 0.3) is 0 Å². The Kier molecular flexibility index (Phi) is 4.86. The van der Waals surface area contributed by atoms with E-state index in [4.69, 9.17) is 4.74 Å². The van der Waals surface area contributed by atoms with Crippen LogP contribution in [-0.2, 0) is 0 Å². The van der Waals surface area contributed by atoms with Gasteiger partial charge in [0.1, 0.15) is 5.75 Å². The van der Waals surface area contributed by atoms with Crippen LogP contribution in [0.3, 0.4) is 0 Å². The highest BCUT2D eigenvalue weighted by molar-refractivity contribution is 9.09. The number of ether oxygens (including phenoxy) is 1. The summed E-state index contributed by atoms with van der Waals surface area (Å²) < 4.78 is 5.54. The van der Waals surface area contributed by atoms with Crippen molar-refractivity contribution < 1.29 is 9.53 Å². The smallest absolute Gasteiger partial charge is 0.251 e. The van der Waals surface area contributed by atoms with Crippen LogP contribution in [0, 0.1) is 5.41 Å². The summed E-state index contributed by atoms with van der Waals surface area (Å²) in [6.45, 7) is 3.49. The fourth-order valence-electron chi connectivity index (χ4n) is 1.85. The zero-order valence-electron chi connectivity index (χ0n) is 11.2. The van der Waals surface area contributed by atoms with Crippen LogP contribution in [0.2, 0.25) is 0 Å². The number of amides is 1. The van der Waals surface area contributed by atoms with Gasteiger partial charge in [0.15, 0.2) is 0 Å². The lowest BCUT2D eigenvalue weighted by Gasteiger charge is -2.13. The summed E-state index contributed by atoms with van der Waals surface area (Å²) in [5.74, 6) is 0.741. The average Bonchev–Trinajstić information content (AvgIpc) is 3.23. The normalized spacial score (nSPS) is 15.9. The van der Waals surface area contributed by atoms with Crippen molar-refractivity contribution in [2.45, 2.75) is 26.2 Å². The van der Waals surface area contributed by atoms with Crippen LogP contribution < -0.4 is 10.1 Å². The van der Waals surface area contributed by atoms with Crippen molar-refractivity contribution in [3.8, 4) is 5.75 Å². The Morgan fingerprint density at radius 1 is 1.47 bits per heavy atom. The number of nitrogens with one attached hydrogen (secondary N) is 1. The number of benzene rings is 1. The molecule has 2 rings (SSSR count). The second-order valence-corrected chi connectivity index (χ2v) is 5.75. The van der Waals surface area contributed by atoms with Gasteiger partial charge in [-0.25, -0.2) is 0 Å². The van der Waals surface area contributed by atoms with Gasteiger partial charge in [-0.05, 0) is 42.9 Å². The predicted octanol–water partition coefficient (Wildman–Crippen LogP) is 3.38. The van der Waals surface area contributed by atoms with Gasteiger partial charge in [-0.15, -0.1) is 0 Å². The van der Waals surface area contributed by atoms with Crippen molar-refractivity contribution in [2.75, 3.05) is 18.5 Å². The van der Waals surface area contributed by atoms with E-state index in [-0.39, 0.29) is 5.91 Å². The topological polar surface area (TPSA) is 38.3 Å². The van der Waals surface area contributed by atoms with Crippen LogP contribution in [0.4, 0.5) is 0 Å². The van der Waals surface area contributed by atoms with Gasteiger partial charge < -0.3 is 10.1 Å². The maximum absolute atomic E-state index is 12.1. The molecule has 1 aromatic rings. The van der Waals surface area contributed by atoms with Gasteiger partial charge in [0.2, 0.25) is 0 Å². The van der Waals surface area contributed by atoms with E-state index in [1.165, 1.54) is 12.8 Å². The third kappa shape index (κ3) is 3.96. The molecule has 0 bridgehead atoms. The minimum atomic E-state index is -0.0193. The molecule has 19 heavy (non-hydrogen) atoms. The monoisotopic (exact) mass is 325 g/mol. The van der Waals surface area contributed by atoms with Gasteiger partial charge in [0, 0.05) is 17.4 Å². The zero-order chi connectivity index (χ0) is 13.7.